The summed E-state index contributed by atoms with van der Waals surface area (Å²) in [6.07, 6.45) is 6.73. The van der Waals surface area contributed by atoms with Crippen molar-refractivity contribution < 1.29 is 14.0 Å². The van der Waals surface area contributed by atoms with E-state index in [0.717, 1.165) is 25.7 Å². The topological polar surface area (TPSA) is 75.4 Å². The zero-order valence-corrected chi connectivity index (χ0v) is 17.5. The fraction of sp³-hybridized carbons (Fsp3) is 0.636. The molecule has 0 spiro atoms. The van der Waals surface area contributed by atoms with Crippen molar-refractivity contribution >= 4 is 29.9 Å². The van der Waals surface area contributed by atoms with Crippen molar-refractivity contribution in [2.45, 2.75) is 51.0 Å². The summed E-state index contributed by atoms with van der Waals surface area (Å²) in [4.78, 5) is 27.5. The first-order valence-electron chi connectivity index (χ1n) is 10.6. The van der Waals surface area contributed by atoms with Gasteiger partial charge in [-0.05, 0) is 68.6 Å². The summed E-state index contributed by atoms with van der Waals surface area (Å²) >= 11 is 0. The first-order chi connectivity index (χ1) is 13.5. The maximum absolute atomic E-state index is 13.3. The predicted molar refractivity (Wildman–Crippen MR) is 113 cm³/mol. The number of piperidine rings is 1. The van der Waals surface area contributed by atoms with Crippen LogP contribution >= 0.6 is 12.4 Å². The number of nitrogens with two attached hydrogens (primary N) is 1. The SMILES string of the molecule is Cl.NC1C2CCCC1CC(C(=O)N1CCC(C(=O)Nc3cccc(F)c3)CC1)C2. The van der Waals surface area contributed by atoms with Gasteiger partial charge in [0.05, 0.1) is 0 Å². The van der Waals surface area contributed by atoms with Crippen LogP contribution in [0.3, 0.4) is 0 Å². The summed E-state index contributed by atoms with van der Waals surface area (Å²) < 4.78 is 13.3. The molecule has 1 heterocycles. The molecule has 0 radical (unpaired) electrons. The van der Waals surface area contributed by atoms with Gasteiger partial charge in [-0.1, -0.05) is 12.5 Å². The van der Waals surface area contributed by atoms with Gasteiger partial charge in [-0.3, -0.25) is 9.59 Å². The van der Waals surface area contributed by atoms with Crippen LogP contribution < -0.4 is 11.1 Å². The zero-order valence-electron chi connectivity index (χ0n) is 16.7. The lowest BCUT2D eigenvalue weighted by molar-refractivity contribution is -0.141. The molecule has 2 bridgehead atoms. The molecule has 2 atom stereocenters. The van der Waals surface area contributed by atoms with E-state index in [-0.39, 0.29) is 47.9 Å². The Bertz CT molecular complexity index is 725. The van der Waals surface area contributed by atoms with E-state index in [0.29, 0.717) is 43.5 Å². The monoisotopic (exact) mass is 423 g/mol. The first-order valence-corrected chi connectivity index (χ1v) is 10.6. The lowest BCUT2D eigenvalue weighted by Gasteiger charge is -2.45. The molecular weight excluding hydrogens is 393 g/mol. The minimum Gasteiger partial charge on any atom is -0.342 e. The van der Waals surface area contributed by atoms with E-state index < -0.39 is 0 Å². The number of nitrogens with one attached hydrogen (secondary N) is 1. The molecule has 5 nitrogen and oxygen atoms in total. The maximum atomic E-state index is 13.3. The van der Waals surface area contributed by atoms with Crippen LogP contribution in [0.5, 0.6) is 0 Å². The molecule has 7 heteroatoms. The number of carbonyl (C=O) groups excluding carboxylic acids is 2. The Morgan fingerprint density at radius 1 is 1.03 bits per heavy atom. The maximum Gasteiger partial charge on any atom is 0.227 e. The second-order valence-corrected chi connectivity index (χ2v) is 8.80. The number of anilines is 1. The molecule has 0 aromatic heterocycles. The van der Waals surface area contributed by atoms with Crippen LogP contribution in [-0.2, 0) is 9.59 Å². The number of hydrogen-bond acceptors (Lipinski definition) is 3. The number of amides is 2. The highest BCUT2D eigenvalue weighted by Crippen LogP contribution is 2.42. The molecule has 3 fully saturated rings. The van der Waals surface area contributed by atoms with Gasteiger partial charge in [-0.15, -0.1) is 12.4 Å². The number of fused-ring (bicyclic) bond motifs is 2. The number of nitrogens with zero attached hydrogens (tertiary/aromatic N) is 1. The summed E-state index contributed by atoms with van der Waals surface area (Å²) in [6.45, 7) is 1.25. The smallest absolute Gasteiger partial charge is 0.227 e. The van der Waals surface area contributed by atoms with Crippen molar-refractivity contribution in [1.29, 1.82) is 0 Å². The van der Waals surface area contributed by atoms with Crippen LogP contribution in [0.1, 0.15) is 44.9 Å². The number of hydrogen-bond donors (Lipinski definition) is 2. The molecule has 2 saturated carbocycles. The van der Waals surface area contributed by atoms with Gasteiger partial charge in [0.1, 0.15) is 5.82 Å². The fourth-order valence-electron chi connectivity index (χ4n) is 5.42. The Kier molecular flexibility index (Phi) is 7.17. The third-order valence-corrected chi connectivity index (χ3v) is 7.03. The van der Waals surface area contributed by atoms with Gasteiger partial charge in [0.15, 0.2) is 0 Å². The molecule has 2 amide bonds. The second-order valence-electron chi connectivity index (χ2n) is 8.80. The van der Waals surface area contributed by atoms with Crippen molar-refractivity contribution in [2.75, 3.05) is 18.4 Å². The molecule has 1 aromatic carbocycles. The molecule has 4 rings (SSSR count). The Morgan fingerprint density at radius 3 is 2.31 bits per heavy atom. The molecule has 1 aromatic rings. The minimum atomic E-state index is -0.366. The van der Waals surface area contributed by atoms with Crippen LogP contribution in [0, 0.1) is 29.5 Å². The average Bonchev–Trinajstić information content (AvgIpc) is 2.67. The first kappa shape index (κ1) is 22.0. The zero-order chi connectivity index (χ0) is 19.7. The minimum absolute atomic E-state index is 0. The lowest BCUT2D eigenvalue weighted by Crippen LogP contribution is -2.51. The normalized spacial score (nSPS) is 29.7. The van der Waals surface area contributed by atoms with Gasteiger partial charge in [0, 0.05) is 36.7 Å². The summed E-state index contributed by atoms with van der Waals surface area (Å²) in [5, 5.41) is 2.80. The quantitative estimate of drug-likeness (QED) is 0.780. The molecule has 2 unspecified atom stereocenters. The summed E-state index contributed by atoms with van der Waals surface area (Å²) in [5.41, 5.74) is 6.84. The molecule has 1 aliphatic heterocycles. The average molecular weight is 424 g/mol. The molecule has 2 aliphatic carbocycles. The standard InChI is InChI=1S/C22H30FN3O2.ClH/c23-18-5-2-6-19(13-18)25-21(27)14-7-9-26(10-8-14)22(28)17-11-15-3-1-4-16(12-17)20(15)24;/h2,5-6,13-17,20H,1,3-4,7-12,24H2,(H,25,27);1H. The summed E-state index contributed by atoms with van der Waals surface area (Å²) in [6, 6.07) is 6.21. The highest BCUT2D eigenvalue weighted by molar-refractivity contribution is 5.92. The van der Waals surface area contributed by atoms with Crippen LogP contribution in [0.2, 0.25) is 0 Å². The second kappa shape index (κ2) is 9.43. The highest BCUT2D eigenvalue weighted by Gasteiger charge is 2.42. The van der Waals surface area contributed by atoms with Gasteiger partial charge in [0.2, 0.25) is 11.8 Å². The van der Waals surface area contributed by atoms with Crippen molar-refractivity contribution in [3.05, 3.63) is 30.1 Å². The van der Waals surface area contributed by atoms with Gasteiger partial charge < -0.3 is 16.0 Å². The molecule has 3 aliphatic rings. The highest BCUT2D eigenvalue weighted by atomic mass is 35.5. The summed E-state index contributed by atoms with van der Waals surface area (Å²) in [7, 11) is 0. The van der Waals surface area contributed by atoms with Gasteiger partial charge >= 0.3 is 0 Å². The fourth-order valence-corrected chi connectivity index (χ4v) is 5.42. The number of rotatable bonds is 3. The van der Waals surface area contributed by atoms with E-state index in [1.54, 1.807) is 12.1 Å². The molecular formula is C22H31ClFN3O2. The van der Waals surface area contributed by atoms with Gasteiger partial charge in [-0.2, -0.15) is 0 Å². The third-order valence-electron chi connectivity index (χ3n) is 7.03. The number of likely N-dealkylation sites (tertiary alicyclic amines) is 1. The van der Waals surface area contributed by atoms with Crippen molar-refractivity contribution in [3.8, 4) is 0 Å². The predicted octanol–water partition coefficient (Wildman–Crippen LogP) is 3.58. The van der Waals surface area contributed by atoms with E-state index in [1.807, 2.05) is 4.90 Å². The molecule has 29 heavy (non-hydrogen) atoms. The van der Waals surface area contributed by atoms with Crippen molar-refractivity contribution in [2.24, 2.45) is 29.4 Å². The van der Waals surface area contributed by atoms with Crippen molar-refractivity contribution in [3.63, 3.8) is 0 Å². The van der Waals surface area contributed by atoms with E-state index >= 15 is 0 Å². The summed E-state index contributed by atoms with van der Waals surface area (Å²) in [5.74, 6) is 0.769. The van der Waals surface area contributed by atoms with E-state index in [1.165, 1.54) is 18.6 Å². The molecule has 1 saturated heterocycles. The number of carbonyl (C=O) groups is 2. The Morgan fingerprint density at radius 2 is 1.69 bits per heavy atom. The number of benzene rings is 1. The third kappa shape index (κ3) is 4.92. The molecule has 160 valence electrons. The van der Waals surface area contributed by atoms with Gasteiger partial charge in [-0.25, -0.2) is 4.39 Å². The van der Waals surface area contributed by atoms with Crippen LogP contribution in [0.25, 0.3) is 0 Å². The Hall–Kier alpha value is -1.66. The molecule has 3 N–H and O–H groups in total. The van der Waals surface area contributed by atoms with E-state index in [2.05, 4.69) is 5.32 Å². The van der Waals surface area contributed by atoms with Crippen molar-refractivity contribution in [1.82, 2.24) is 4.90 Å². The van der Waals surface area contributed by atoms with Gasteiger partial charge in [0.25, 0.3) is 0 Å². The lowest BCUT2D eigenvalue weighted by atomic mass is 9.65. The largest absolute Gasteiger partial charge is 0.342 e. The number of halogens is 2. The van der Waals surface area contributed by atoms with E-state index in [9.17, 15) is 14.0 Å². The van der Waals surface area contributed by atoms with Crippen LogP contribution in [-0.4, -0.2) is 35.8 Å². The Balaban J connectivity index is 0.00000240. The van der Waals surface area contributed by atoms with Crippen LogP contribution in [0.4, 0.5) is 10.1 Å². The van der Waals surface area contributed by atoms with Crippen LogP contribution in [0.15, 0.2) is 24.3 Å². The van der Waals surface area contributed by atoms with E-state index in [4.69, 9.17) is 5.73 Å². The Labute approximate surface area is 178 Å².